The van der Waals surface area contributed by atoms with Crippen LogP contribution in [0.15, 0.2) is 39.8 Å². The van der Waals surface area contributed by atoms with Crippen LogP contribution in [0.25, 0.3) is 5.65 Å². The van der Waals surface area contributed by atoms with Crippen molar-refractivity contribution < 1.29 is 19.0 Å². The topological polar surface area (TPSA) is 67.1 Å². The molecular weight excluding hydrogens is 485 g/mol. The van der Waals surface area contributed by atoms with E-state index in [1.165, 1.54) is 23.9 Å². The van der Waals surface area contributed by atoms with Crippen LogP contribution >= 0.6 is 27.7 Å². The van der Waals surface area contributed by atoms with Crippen molar-refractivity contribution in [3.8, 4) is 5.75 Å². The third-order valence-corrected chi connectivity index (χ3v) is 6.96. The Labute approximate surface area is 192 Å². The van der Waals surface area contributed by atoms with E-state index in [9.17, 15) is 14.3 Å². The third kappa shape index (κ3) is 4.73. The number of likely N-dealkylation sites (tertiary alicyclic amines) is 1. The number of ether oxygens (including phenoxy) is 1. The summed E-state index contributed by atoms with van der Waals surface area (Å²) in [6.45, 7) is 4.59. The minimum Gasteiger partial charge on any atom is -0.504 e. The van der Waals surface area contributed by atoms with Crippen molar-refractivity contribution in [3.63, 3.8) is 0 Å². The summed E-state index contributed by atoms with van der Waals surface area (Å²) in [6, 6.07) is 6.15. The summed E-state index contributed by atoms with van der Waals surface area (Å²) in [5, 5.41) is 11.0. The largest absolute Gasteiger partial charge is 0.504 e. The number of halogens is 2. The van der Waals surface area contributed by atoms with Crippen LogP contribution in [0, 0.1) is 5.82 Å². The number of hydrogen-bond acceptors (Lipinski definition) is 6. The van der Waals surface area contributed by atoms with Gasteiger partial charge in [-0.2, -0.15) is 0 Å². The van der Waals surface area contributed by atoms with E-state index < -0.39 is 5.97 Å². The van der Waals surface area contributed by atoms with Crippen LogP contribution in [0.4, 0.5) is 4.39 Å². The van der Waals surface area contributed by atoms with Crippen LogP contribution in [0.5, 0.6) is 5.75 Å². The van der Waals surface area contributed by atoms with E-state index in [1.54, 1.807) is 29.7 Å². The van der Waals surface area contributed by atoms with Gasteiger partial charge in [0.05, 0.1) is 12.3 Å². The molecule has 0 spiro atoms. The molecule has 6 nitrogen and oxygen atoms in total. The van der Waals surface area contributed by atoms with Crippen LogP contribution in [0.2, 0.25) is 0 Å². The van der Waals surface area contributed by atoms with Crippen molar-refractivity contribution in [1.82, 2.24) is 14.3 Å². The Morgan fingerprint density at radius 2 is 2.00 bits per heavy atom. The van der Waals surface area contributed by atoms with Gasteiger partial charge in [0.1, 0.15) is 5.82 Å². The van der Waals surface area contributed by atoms with Gasteiger partial charge < -0.3 is 9.84 Å². The van der Waals surface area contributed by atoms with Gasteiger partial charge in [0.2, 0.25) is 0 Å². The number of aromatic hydroxyl groups is 1. The lowest BCUT2D eigenvalue weighted by Gasteiger charge is -2.17. The number of carbonyl (C=O) groups is 1. The number of rotatable bonds is 7. The summed E-state index contributed by atoms with van der Waals surface area (Å²) in [6.07, 6.45) is 4.08. The molecular formula is C22H23BrFN3O3S. The summed E-state index contributed by atoms with van der Waals surface area (Å²) in [5.74, 6) is -0.363. The average Bonchev–Trinajstić information content (AvgIpc) is 3.38. The highest BCUT2D eigenvalue weighted by atomic mass is 79.9. The van der Waals surface area contributed by atoms with Gasteiger partial charge in [0, 0.05) is 33.4 Å². The second-order valence-electron chi connectivity index (χ2n) is 7.35. The molecule has 1 aliphatic heterocycles. The molecule has 1 aromatic carbocycles. The zero-order valence-corrected chi connectivity index (χ0v) is 19.5. The van der Waals surface area contributed by atoms with E-state index in [2.05, 4.69) is 25.8 Å². The Balaban J connectivity index is 1.72. The summed E-state index contributed by atoms with van der Waals surface area (Å²) in [5.41, 5.74) is 1.88. The van der Waals surface area contributed by atoms with Crippen LogP contribution < -0.4 is 0 Å². The number of carbonyl (C=O) groups excluding carboxylic acids is 1. The molecule has 0 aliphatic carbocycles. The van der Waals surface area contributed by atoms with E-state index in [4.69, 9.17) is 4.74 Å². The van der Waals surface area contributed by atoms with E-state index in [0.29, 0.717) is 28.1 Å². The fourth-order valence-corrected chi connectivity index (χ4v) is 5.08. The minimum atomic E-state index is -0.497. The van der Waals surface area contributed by atoms with Crippen LogP contribution in [-0.4, -0.2) is 45.1 Å². The van der Waals surface area contributed by atoms with Crippen molar-refractivity contribution in [3.05, 3.63) is 57.7 Å². The molecule has 4 rings (SSSR count). The van der Waals surface area contributed by atoms with Crippen LogP contribution in [-0.2, 0) is 17.0 Å². The maximum atomic E-state index is 13.2. The fraction of sp³-hybridized carbons (Fsp3) is 0.364. The Bertz CT molecular complexity index is 1100. The normalized spacial score (nSPS) is 14.4. The molecule has 0 unspecified atom stereocenters. The van der Waals surface area contributed by atoms with Gasteiger partial charge in [-0.15, -0.1) is 11.8 Å². The number of hydrogen-bond donors (Lipinski definition) is 1. The predicted octanol–water partition coefficient (Wildman–Crippen LogP) is 5.01. The van der Waals surface area contributed by atoms with Gasteiger partial charge in [-0.1, -0.05) is 0 Å². The zero-order valence-electron chi connectivity index (χ0n) is 17.1. The zero-order chi connectivity index (χ0) is 22.0. The number of imidazole rings is 1. The van der Waals surface area contributed by atoms with Crippen molar-refractivity contribution >= 4 is 39.3 Å². The molecule has 1 saturated heterocycles. The molecule has 3 heterocycles. The Hall–Kier alpha value is -2.10. The first-order valence-electron chi connectivity index (χ1n) is 10.2. The number of aromatic nitrogens is 2. The molecule has 0 atom stereocenters. The number of fused-ring (bicyclic) bond motifs is 1. The van der Waals surface area contributed by atoms with Gasteiger partial charge in [0.25, 0.3) is 0 Å². The number of nitrogens with zero attached hydrogens (tertiary/aromatic N) is 3. The van der Waals surface area contributed by atoms with E-state index >= 15 is 0 Å². The van der Waals surface area contributed by atoms with Gasteiger partial charge >= 0.3 is 5.97 Å². The number of pyridine rings is 1. The highest BCUT2D eigenvalue weighted by Gasteiger charge is 2.26. The molecule has 2 aromatic heterocycles. The standard InChI is InChI=1S/C22H23BrFN3O3S/c1-2-30-22(29)19-18(13-31-15-7-5-14(24)6-8-15)25-21-20(28)16(17(23)12-27(19)21)11-26-9-3-4-10-26/h5-8,12,28H,2-4,9-11,13H2,1H3. The third-order valence-electron chi connectivity index (χ3n) is 5.25. The van der Waals surface area contributed by atoms with E-state index in [0.717, 1.165) is 36.4 Å². The smallest absolute Gasteiger partial charge is 0.357 e. The second-order valence-corrected chi connectivity index (χ2v) is 9.25. The summed E-state index contributed by atoms with van der Waals surface area (Å²) in [4.78, 5) is 20.5. The quantitative estimate of drug-likeness (QED) is 0.358. The SMILES string of the molecule is CCOC(=O)c1c(CSc2ccc(F)cc2)nc2c(O)c(CN3CCCC3)c(Br)cn12. The molecule has 0 bridgehead atoms. The number of thioether (sulfide) groups is 1. The number of benzene rings is 1. The Kier molecular flexibility index (Phi) is 6.83. The summed E-state index contributed by atoms with van der Waals surface area (Å²) in [7, 11) is 0. The Morgan fingerprint density at radius 3 is 2.68 bits per heavy atom. The van der Waals surface area contributed by atoms with E-state index in [1.807, 2.05) is 0 Å². The Morgan fingerprint density at radius 1 is 1.29 bits per heavy atom. The highest BCUT2D eigenvalue weighted by molar-refractivity contribution is 9.10. The lowest BCUT2D eigenvalue weighted by Crippen LogP contribution is -2.19. The van der Waals surface area contributed by atoms with Crippen molar-refractivity contribution in [2.45, 2.75) is 37.0 Å². The first-order valence-corrected chi connectivity index (χ1v) is 11.9. The monoisotopic (exact) mass is 507 g/mol. The molecule has 1 aliphatic rings. The van der Waals surface area contributed by atoms with Crippen molar-refractivity contribution in [2.24, 2.45) is 0 Å². The molecule has 0 saturated carbocycles. The van der Waals surface area contributed by atoms with Crippen LogP contribution in [0.1, 0.15) is 41.5 Å². The van der Waals surface area contributed by atoms with Gasteiger partial charge in [-0.25, -0.2) is 14.2 Å². The lowest BCUT2D eigenvalue weighted by molar-refractivity contribution is 0.0517. The molecule has 9 heteroatoms. The van der Waals surface area contributed by atoms with Crippen LogP contribution in [0.3, 0.4) is 0 Å². The molecule has 0 radical (unpaired) electrons. The molecule has 164 valence electrons. The number of esters is 1. The van der Waals surface area contributed by atoms with Gasteiger partial charge in [-0.05, 0) is 73.1 Å². The summed E-state index contributed by atoms with van der Waals surface area (Å²) >= 11 is 5.00. The van der Waals surface area contributed by atoms with Gasteiger partial charge in [-0.3, -0.25) is 9.30 Å². The lowest BCUT2D eigenvalue weighted by atomic mass is 10.2. The first kappa shape index (κ1) is 22.1. The average molecular weight is 508 g/mol. The molecule has 1 N–H and O–H groups in total. The summed E-state index contributed by atoms with van der Waals surface area (Å²) < 4.78 is 20.7. The second kappa shape index (κ2) is 9.58. The van der Waals surface area contributed by atoms with Crippen molar-refractivity contribution in [2.75, 3.05) is 19.7 Å². The predicted molar refractivity (Wildman–Crippen MR) is 121 cm³/mol. The maximum absolute atomic E-state index is 13.2. The minimum absolute atomic E-state index is 0.0601. The van der Waals surface area contributed by atoms with Gasteiger partial charge in [0.15, 0.2) is 17.1 Å². The molecule has 31 heavy (non-hydrogen) atoms. The fourth-order valence-electron chi connectivity index (χ4n) is 3.73. The van der Waals surface area contributed by atoms with E-state index in [-0.39, 0.29) is 23.9 Å². The maximum Gasteiger partial charge on any atom is 0.357 e. The molecule has 0 amide bonds. The highest BCUT2D eigenvalue weighted by Crippen LogP contribution is 2.35. The molecule has 1 fully saturated rings. The molecule has 3 aromatic rings. The van der Waals surface area contributed by atoms with Crippen molar-refractivity contribution in [1.29, 1.82) is 0 Å². The first-order chi connectivity index (χ1) is 15.0.